The molecule has 0 unspecified atom stereocenters. The van der Waals surface area contributed by atoms with Crippen LogP contribution in [0.2, 0.25) is 0 Å². The van der Waals surface area contributed by atoms with Gasteiger partial charge in [0, 0.05) is 0 Å². The van der Waals surface area contributed by atoms with Crippen molar-refractivity contribution in [2.24, 2.45) is 0 Å². The minimum Gasteiger partial charge on any atom is -0.0602 e. The van der Waals surface area contributed by atoms with Crippen molar-refractivity contribution in [2.75, 3.05) is 4.90 Å². The van der Waals surface area contributed by atoms with Crippen molar-refractivity contribution in [3.63, 3.8) is 0 Å². The van der Waals surface area contributed by atoms with Crippen molar-refractivity contribution < 1.29 is 0 Å². The summed E-state index contributed by atoms with van der Waals surface area (Å²) in [6.45, 7) is 0. The normalized spacial score (nSPS) is 11.9. The number of fused-ring (bicyclic) bond motifs is 9. The minimum atomic E-state index is 0.337. The van der Waals surface area contributed by atoms with Gasteiger partial charge in [0.15, 0.2) is 0 Å². The van der Waals surface area contributed by atoms with Gasteiger partial charge in [-0.15, -0.1) is 0 Å². The van der Waals surface area contributed by atoms with Gasteiger partial charge in [-0.3, -0.25) is 0 Å². The van der Waals surface area contributed by atoms with Gasteiger partial charge in [0.05, 0.1) is 0 Å². The zero-order chi connectivity index (χ0) is 30.2. The van der Waals surface area contributed by atoms with Gasteiger partial charge in [-0.2, -0.15) is 0 Å². The molecule has 0 bridgehead atoms. The molecule has 10 rings (SSSR count). The van der Waals surface area contributed by atoms with Crippen molar-refractivity contribution in [2.45, 2.75) is 0 Å². The van der Waals surface area contributed by atoms with Gasteiger partial charge in [-0.05, 0) is 0 Å². The van der Waals surface area contributed by atoms with Crippen LogP contribution in [0.3, 0.4) is 0 Å². The number of nitrogens with zero attached hydrogens (tertiary/aromatic N) is 2. The van der Waals surface area contributed by atoms with Crippen LogP contribution in [0.15, 0.2) is 158 Å². The summed E-state index contributed by atoms with van der Waals surface area (Å²) in [6.07, 6.45) is 0. The summed E-state index contributed by atoms with van der Waals surface area (Å²) in [4.78, 5) is 2.45. The van der Waals surface area contributed by atoms with Crippen molar-refractivity contribution in [3.05, 3.63) is 158 Å². The molecule has 3 heterocycles. The van der Waals surface area contributed by atoms with Gasteiger partial charge in [-0.25, -0.2) is 0 Å². The Morgan fingerprint density at radius 2 is 1.02 bits per heavy atom. The molecule has 0 amide bonds. The summed E-state index contributed by atoms with van der Waals surface area (Å²) < 4.78 is 7.94. The second-order valence-electron chi connectivity index (χ2n) is 11.8. The van der Waals surface area contributed by atoms with E-state index in [0.29, 0.717) is 14.5 Å². The van der Waals surface area contributed by atoms with Gasteiger partial charge < -0.3 is 0 Å². The Labute approximate surface area is 275 Å². The number of thiophene rings is 1. The summed E-state index contributed by atoms with van der Waals surface area (Å²) in [6, 6.07) is 58.2. The molecule has 216 valence electrons. The first-order chi connectivity index (χ1) is 22.8. The second-order valence-corrected chi connectivity index (χ2v) is 15.1. The molecule has 0 atom stereocenters. The molecule has 0 saturated heterocycles. The third-order valence-electron chi connectivity index (χ3n) is 9.17. The minimum absolute atomic E-state index is 0.337. The van der Waals surface area contributed by atoms with Gasteiger partial charge in [-0.1, -0.05) is 18.2 Å². The Balaban J connectivity index is 1.24. The summed E-state index contributed by atoms with van der Waals surface area (Å²) in [5.74, 6) is 0. The van der Waals surface area contributed by atoms with Gasteiger partial charge >= 0.3 is 259 Å². The second kappa shape index (κ2) is 10.2. The SMILES string of the molecule is c1ccc(-n2c3ccccc3c3cc(N(c4ccc5c(c4)sc4ccccc45)c4ccc5[se]c6ccccc6c5c4)ccc32)cc1. The van der Waals surface area contributed by atoms with Crippen molar-refractivity contribution in [1.29, 1.82) is 0 Å². The molecule has 2 nitrogen and oxygen atoms in total. The fraction of sp³-hybridized carbons (Fsp3) is 0. The number of hydrogen-bond acceptors (Lipinski definition) is 2. The average Bonchev–Trinajstić information content (AvgIpc) is 3.78. The average molecular weight is 670 g/mol. The van der Waals surface area contributed by atoms with Crippen molar-refractivity contribution in [1.82, 2.24) is 4.57 Å². The van der Waals surface area contributed by atoms with Crippen LogP contribution in [0.5, 0.6) is 0 Å². The molecule has 4 heteroatoms. The number of rotatable bonds is 4. The summed E-state index contributed by atoms with van der Waals surface area (Å²) in [7, 11) is 0. The fourth-order valence-corrected chi connectivity index (χ4v) is 10.5. The van der Waals surface area contributed by atoms with E-state index in [0.717, 1.165) is 5.69 Å². The number of benzene rings is 7. The molecule has 0 aliphatic rings. The zero-order valence-electron chi connectivity index (χ0n) is 24.7. The predicted octanol–water partition coefficient (Wildman–Crippen LogP) is 12.0. The fourth-order valence-electron chi connectivity index (χ4n) is 7.11. The van der Waals surface area contributed by atoms with Crippen LogP contribution in [0.4, 0.5) is 17.1 Å². The molecule has 46 heavy (non-hydrogen) atoms. The maximum atomic E-state index is 2.45. The molecular formula is C42H26N2SSe. The zero-order valence-corrected chi connectivity index (χ0v) is 27.3. The number of aromatic nitrogens is 1. The van der Waals surface area contributed by atoms with E-state index in [-0.39, 0.29) is 0 Å². The van der Waals surface area contributed by atoms with Crippen LogP contribution in [-0.4, -0.2) is 19.1 Å². The Bertz CT molecular complexity index is 2770. The quantitative estimate of drug-likeness (QED) is 0.169. The van der Waals surface area contributed by atoms with Gasteiger partial charge in [0.1, 0.15) is 0 Å². The van der Waals surface area contributed by atoms with E-state index >= 15 is 0 Å². The molecule has 3 aromatic heterocycles. The van der Waals surface area contributed by atoms with Gasteiger partial charge in [0.25, 0.3) is 0 Å². The summed E-state index contributed by atoms with van der Waals surface area (Å²) in [5.41, 5.74) is 7.10. The van der Waals surface area contributed by atoms with Crippen LogP contribution < -0.4 is 4.90 Å². The van der Waals surface area contributed by atoms with Crippen LogP contribution in [0, 0.1) is 0 Å². The van der Waals surface area contributed by atoms with Crippen LogP contribution in [0.25, 0.3) is 67.0 Å². The van der Waals surface area contributed by atoms with E-state index in [9.17, 15) is 0 Å². The molecule has 0 radical (unpaired) electrons. The van der Waals surface area contributed by atoms with E-state index in [2.05, 4.69) is 167 Å². The van der Waals surface area contributed by atoms with E-state index < -0.39 is 0 Å². The van der Waals surface area contributed by atoms with Crippen LogP contribution in [-0.2, 0) is 0 Å². The standard InChI is InChI=1S/C42H26N2SSe/c1-2-10-27(11-3-1)44-37-15-7-4-12-31(37)35-24-28(19-22-38(35)44)43(29-20-23-42-36(25-29)34-14-6-9-17-41(34)46-42)30-18-21-33-32-13-5-8-16-39(32)45-40(33)26-30/h1-26H. The van der Waals surface area contributed by atoms with E-state index in [1.54, 1.807) is 0 Å². The maximum absolute atomic E-state index is 2.45. The smallest absolute Gasteiger partial charge is 0.0602 e. The third kappa shape index (κ3) is 3.95. The van der Waals surface area contributed by atoms with Crippen molar-refractivity contribution in [3.8, 4) is 5.69 Å². The summed E-state index contributed by atoms with van der Waals surface area (Å²) in [5, 5.41) is 7.89. The molecular weight excluding hydrogens is 644 g/mol. The monoisotopic (exact) mass is 670 g/mol. The Morgan fingerprint density at radius 3 is 1.91 bits per heavy atom. The molecule has 0 aliphatic carbocycles. The molecule has 0 fully saturated rings. The molecule has 0 aliphatic heterocycles. The number of hydrogen-bond donors (Lipinski definition) is 0. The molecule has 10 aromatic rings. The number of para-hydroxylation sites is 2. The van der Waals surface area contributed by atoms with E-state index in [4.69, 9.17) is 0 Å². The van der Waals surface area contributed by atoms with E-state index in [1.165, 1.54) is 78.3 Å². The predicted molar refractivity (Wildman–Crippen MR) is 200 cm³/mol. The third-order valence-corrected chi connectivity index (χ3v) is 12.7. The topological polar surface area (TPSA) is 8.17 Å². The van der Waals surface area contributed by atoms with Gasteiger partial charge in [0.2, 0.25) is 0 Å². The first-order valence-electron chi connectivity index (χ1n) is 15.5. The number of anilines is 3. The van der Waals surface area contributed by atoms with Crippen LogP contribution in [0.1, 0.15) is 0 Å². The molecule has 0 saturated carbocycles. The first kappa shape index (κ1) is 26.1. The summed E-state index contributed by atoms with van der Waals surface area (Å²) >= 11 is 2.21. The Morgan fingerprint density at radius 1 is 0.413 bits per heavy atom. The Hall–Kier alpha value is -5.12. The Kier molecular flexibility index (Phi) is 5.79. The first-order valence-corrected chi connectivity index (χ1v) is 18.0. The molecule has 7 aromatic carbocycles. The van der Waals surface area contributed by atoms with Crippen molar-refractivity contribution >= 4 is 104 Å². The van der Waals surface area contributed by atoms with E-state index in [1.807, 2.05) is 11.3 Å². The molecule has 0 N–H and O–H groups in total. The van der Waals surface area contributed by atoms with Crippen LogP contribution >= 0.6 is 11.3 Å². The molecule has 0 spiro atoms.